The minimum absolute atomic E-state index is 0.338. The second-order valence-electron chi connectivity index (χ2n) is 2.41. The Labute approximate surface area is 59.8 Å². The van der Waals surface area contributed by atoms with E-state index in [0.717, 1.165) is 5.57 Å². The van der Waals surface area contributed by atoms with Crippen LogP contribution in [0.5, 0.6) is 0 Å². The Morgan fingerprint density at radius 1 is 1.70 bits per heavy atom. The molecule has 0 saturated carbocycles. The summed E-state index contributed by atoms with van der Waals surface area (Å²) in [6, 6.07) is 0.338. The van der Waals surface area contributed by atoms with E-state index in [-0.39, 0.29) is 0 Å². The van der Waals surface area contributed by atoms with Gasteiger partial charge in [-0.25, -0.2) is 0 Å². The van der Waals surface area contributed by atoms with Crippen LogP contribution >= 0.6 is 0 Å². The van der Waals surface area contributed by atoms with E-state index < -0.39 is 0 Å². The fourth-order valence-electron chi connectivity index (χ4n) is 1.16. The predicted octanol–water partition coefficient (Wildman–Crippen LogP) is 0.938. The molecule has 1 aliphatic carbocycles. The maximum atomic E-state index is 4.12. The van der Waals surface area contributed by atoms with Crippen molar-refractivity contribution < 1.29 is 0 Å². The number of rotatable bonds is 0. The Balaban J connectivity index is 2.45. The molecule has 0 aromatic carbocycles. The molecule has 1 unspecified atom stereocenters. The van der Waals surface area contributed by atoms with Crippen LogP contribution in [0.25, 0.3) is 0 Å². The summed E-state index contributed by atoms with van der Waals surface area (Å²) in [6.07, 6.45) is 7.87. The van der Waals surface area contributed by atoms with Crippen LogP contribution in [-0.4, -0.2) is 24.3 Å². The van der Waals surface area contributed by atoms with Gasteiger partial charge in [-0.15, -0.1) is 5.73 Å². The molecule has 0 N–H and O–H groups in total. The van der Waals surface area contributed by atoms with Gasteiger partial charge in [0.2, 0.25) is 0 Å². The Morgan fingerprint density at radius 3 is 3.40 bits per heavy atom. The first-order chi connectivity index (χ1) is 4.88. The molecule has 50 valence electrons. The monoisotopic (exact) mass is 132 g/mol. The fourth-order valence-corrected chi connectivity index (χ4v) is 1.16. The van der Waals surface area contributed by atoms with Crippen LogP contribution in [0.4, 0.5) is 0 Å². The zero-order chi connectivity index (χ0) is 6.97. The smallest absolute Gasteiger partial charge is 0.0988 e. The zero-order valence-electron chi connectivity index (χ0n) is 5.78. The SMILES string of the molecule is CN1N=CC2=C=CC=CC21. The van der Waals surface area contributed by atoms with E-state index in [9.17, 15) is 0 Å². The van der Waals surface area contributed by atoms with E-state index >= 15 is 0 Å². The molecular formula is C8H8N2. The van der Waals surface area contributed by atoms with Crippen molar-refractivity contribution in [2.24, 2.45) is 5.10 Å². The molecule has 0 radical (unpaired) electrons. The summed E-state index contributed by atoms with van der Waals surface area (Å²) in [5.41, 5.74) is 4.28. The summed E-state index contributed by atoms with van der Waals surface area (Å²) in [7, 11) is 1.96. The van der Waals surface area contributed by atoms with E-state index in [1.807, 2.05) is 30.4 Å². The van der Waals surface area contributed by atoms with Crippen LogP contribution in [0.2, 0.25) is 0 Å². The van der Waals surface area contributed by atoms with Crippen LogP contribution in [0.1, 0.15) is 0 Å². The number of likely N-dealkylation sites (N-methyl/N-ethyl adjacent to an activating group) is 1. The van der Waals surface area contributed by atoms with Crippen molar-refractivity contribution in [2.45, 2.75) is 6.04 Å². The molecule has 2 heteroatoms. The average molecular weight is 132 g/mol. The molecular weight excluding hydrogens is 124 g/mol. The van der Waals surface area contributed by atoms with E-state index in [1.165, 1.54) is 0 Å². The van der Waals surface area contributed by atoms with Crippen molar-refractivity contribution in [2.75, 3.05) is 7.05 Å². The molecule has 10 heavy (non-hydrogen) atoms. The van der Waals surface area contributed by atoms with Crippen molar-refractivity contribution in [3.63, 3.8) is 0 Å². The quantitative estimate of drug-likeness (QED) is 0.448. The highest BCUT2D eigenvalue weighted by molar-refractivity contribution is 5.83. The predicted molar refractivity (Wildman–Crippen MR) is 40.8 cm³/mol. The van der Waals surface area contributed by atoms with Crippen molar-refractivity contribution in [3.05, 3.63) is 29.5 Å². The lowest BCUT2D eigenvalue weighted by molar-refractivity contribution is 0.352. The molecule has 0 amide bonds. The molecule has 2 rings (SSSR count). The van der Waals surface area contributed by atoms with Crippen molar-refractivity contribution >= 4 is 6.21 Å². The zero-order valence-corrected chi connectivity index (χ0v) is 5.78. The van der Waals surface area contributed by atoms with Crippen molar-refractivity contribution in [1.29, 1.82) is 0 Å². The number of allylic oxidation sites excluding steroid dienone is 1. The lowest BCUT2D eigenvalue weighted by atomic mass is 10.1. The van der Waals surface area contributed by atoms with Gasteiger partial charge in [-0.3, -0.25) is 5.01 Å². The van der Waals surface area contributed by atoms with E-state index in [2.05, 4.69) is 16.9 Å². The van der Waals surface area contributed by atoms with Crippen LogP contribution < -0.4 is 0 Å². The van der Waals surface area contributed by atoms with Gasteiger partial charge in [0.05, 0.1) is 12.3 Å². The molecule has 0 aromatic rings. The maximum absolute atomic E-state index is 4.12. The summed E-state index contributed by atoms with van der Waals surface area (Å²) < 4.78 is 0. The van der Waals surface area contributed by atoms with Gasteiger partial charge in [0.15, 0.2) is 0 Å². The third-order valence-electron chi connectivity index (χ3n) is 1.74. The van der Waals surface area contributed by atoms with Gasteiger partial charge in [-0.05, 0) is 6.08 Å². The minimum atomic E-state index is 0.338. The second kappa shape index (κ2) is 1.86. The van der Waals surface area contributed by atoms with Gasteiger partial charge in [0.25, 0.3) is 0 Å². The van der Waals surface area contributed by atoms with Crippen molar-refractivity contribution in [1.82, 2.24) is 5.01 Å². The standard InChI is InChI=1S/C8H8N2/c1-10-8-5-3-2-4-7(8)6-9-10/h2-3,5-6,8H,1H3. The molecule has 0 aromatic heterocycles. The summed E-state index contributed by atoms with van der Waals surface area (Å²) in [4.78, 5) is 0. The lowest BCUT2D eigenvalue weighted by Gasteiger charge is -2.15. The van der Waals surface area contributed by atoms with Crippen LogP contribution in [0.15, 0.2) is 34.6 Å². The van der Waals surface area contributed by atoms with Gasteiger partial charge >= 0.3 is 0 Å². The largest absolute Gasteiger partial charge is 0.288 e. The lowest BCUT2D eigenvalue weighted by Crippen LogP contribution is -2.21. The number of nitrogens with zero attached hydrogens (tertiary/aromatic N) is 2. The number of fused-ring (bicyclic) bond motifs is 1. The third-order valence-corrected chi connectivity index (χ3v) is 1.74. The minimum Gasteiger partial charge on any atom is -0.288 e. The van der Waals surface area contributed by atoms with Gasteiger partial charge in [-0.2, -0.15) is 5.10 Å². The maximum Gasteiger partial charge on any atom is 0.0988 e. The first-order valence-electron chi connectivity index (χ1n) is 3.28. The highest BCUT2D eigenvalue weighted by atomic mass is 15.5. The molecule has 1 aliphatic heterocycles. The molecule has 0 fully saturated rings. The van der Waals surface area contributed by atoms with Crippen LogP contribution in [-0.2, 0) is 0 Å². The highest BCUT2D eigenvalue weighted by Gasteiger charge is 2.19. The second-order valence-corrected chi connectivity index (χ2v) is 2.41. The summed E-state index contributed by atoms with van der Waals surface area (Å²) >= 11 is 0. The molecule has 1 heterocycles. The fraction of sp³-hybridized carbons (Fsp3) is 0.250. The van der Waals surface area contributed by atoms with E-state index in [1.54, 1.807) is 0 Å². The van der Waals surface area contributed by atoms with Gasteiger partial charge < -0.3 is 0 Å². The molecule has 0 bridgehead atoms. The molecule has 2 aliphatic rings. The van der Waals surface area contributed by atoms with Crippen molar-refractivity contribution in [3.8, 4) is 0 Å². The number of hydrogen-bond donors (Lipinski definition) is 0. The topological polar surface area (TPSA) is 15.6 Å². The van der Waals surface area contributed by atoms with E-state index in [4.69, 9.17) is 0 Å². The normalized spacial score (nSPS) is 27.1. The molecule has 0 spiro atoms. The Hall–Kier alpha value is -1.27. The first-order valence-corrected chi connectivity index (χ1v) is 3.28. The summed E-state index contributed by atoms with van der Waals surface area (Å²) in [5.74, 6) is 0. The molecule has 1 atom stereocenters. The Kier molecular flexibility index (Phi) is 1.02. The number of hydrogen-bond acceptors (Lipinski definition) is 2. The van der Waals surface area contributed by atoms with Gasteiger partial charge in [-0.1, -0.05) is 12.2 Å². The first kappa shape index (κ1) is 5.51. The number of hydrazone groups is 1. The summed E-state index contributed by atoms with van der Waals surface area (Å²) in [6.45, 7) is 0. The average Bonchev–Trinajstić information content (AvgIpc) is 2.34. The molecule has 2 nitrogen and oxygen atoms in total. The van der Waals surface area contributed by atoms with Gasteiger partial charge in [0.1, 0.15) is 0 Å². The Bertz CT molecular complexity index is 267. The third kappa shape index (κ3) is 0.630. The summed E-state index contributed by atoms with van der Waals surface area (Å²) in [5, 5.41) is 6.04. The van der Waals surface area contributed by atoms with Crippen LogP contribution in [0.3, 0.4) is 0 Å². The van der Waals surface area contributed by atoms with Gasteiger partial charge in [0, 0.05) is 12.6 Å². The highest BCUT2D eigenvalue weighted by Crippen LogP contribution is 2.16. The Morgan fingerprint density at radius 2 is 2.60 bits per heavy atom. The van der Waals surface area contributed by atoms with E-state index in [0.29, 0.717) is 6.04 Å². The molecule has 0 saturated heterocycles. The van der Waals surface area contributed by atoms with Crippen LogP contribution in [0, 0.1) is 0 Å².